The fourth-order valence-electron chi connectivity index (χ4n) is 1.81. The zero-order valence-corrected chi connectivity index (χ0v) is 12.7. The van der Waals surface area contributed by atoms with Gasteiger partial charge in [-0.05, 0) is 38.5 Å². The van der Waals surface area contributed by atoms with Gasteiger partial charge < -0.3 is 10.2 Å². The van der Waals surface area contributed by atoms with Crippen LogP contribution in [0.5, 0.6) is 0 Å². The zero-order valence-electron chi connectivity index (χ0n) is 11.9. The molecule has 0 heterocycles. The number of aliphatic hydroxyl groups is 1. The Morgan fingerprint density at radius 3 is 2.35 bits per heavy atom. The maximum atomic E-state index is 12.4. The first-order chi connectivity index (χ1) is 8.95. The molecule has 2 N–H and O–H groups in total. The third kappa shape index (κ3) is 3.78. The van der Waals surface area contributed by atoms with E-state index >= 15 is 0 Å². The van der Waals surface area contributed by atoms with Gasteiger partial charge in [-0.25, -0.2) is 13.2 Å². The SMILES string of the molecule is Cc1ccc(C(=O)O)cc1S(=O)(=O)N(C)CC(C)(C)O. The minimum absolute atomic E-state index is 0.0656. The third-order valence-corrected chi connectivity index (χ3v) is 4.68. The van der Waals surface area contributed by atoms with Crippen LogP contribution in [0.3, 0.4) is 0 Å². The van der Waals surface area contributed by atoms with E-state index in [9.17, 15) is 18.3 Å². The van der Waals surface area contributed by atoms with Gasteiger partial charge in [0.15, 0.2) is 0 Å². The van der Waals surface area contributed by atoms with Crippen molar-refractivity contribution in [1.82, 2.24) is 4.31 Å². The summed E-state index contributed by atoms with van der Waals surface area (Å²) < 4.78 is 25.9. The van der Waals surface area contributed by atoms with Crippen LogP contribution < -0.4 is 0 Å². The Morgan fingerprint density at radius 2 is 1.90 bits per heavy atom. The number of nitrogens with zero attached hydrogens (tertiary/aromatic N) is 1. The van der Waals surface area contributed by atoms with Gasteiger partial charge in [0.2, 0.25) is 10.0 Å². The van der Waals surface area contributed by atoms with Crippen molar-refractivity contribution in [1.29, 1.82) is 0 Å². The van der Waals surface area contributed by atoms with E-state index in [0.29, 0.717) is 5.56 Å². The van der Waals surface area contributed by atoms with Crippen molar-refractivity contribution in [2.45, 2.75) is 31.3 Å². The molecule has 1 aromatic carbocycles. The second-order valence-corrected chi connectivity index (χ2v) is 7.37. The molecule has 0 atom stereocenters. The van der Waals surface area contributed by atoms with Crippen molar-refractivity contribution in [3.05, 3.63) is 29.3 Å². The second-order valence-electron chi connectivity index (χ2n) is 5.36. The maximum Gasteiger partial charge on any atom is 0.335 e. The number of likely N-dealkylation sites (N-methyl/N-ethyl adjacent to an activating group) is 1. The van der Waals surface area contributed by atoms with Crippen molar-refractivity contribution < 1.29 is 23.4 Å². The van der Waals surface area contributed by atoms with Crippen LogP contribution in [0.1, 0.15) is 29.8 Å². The van der Waals surface area contributed by atoms with E-state index in [1.807, 2.05) is 0 Å². The molecule has 0 spiro atoms. The van der Waals surface area contributed by atoms with Crippen molar-refractivity contribution in [3.63, 3.8) is 0 Å². The molecular weight excluding hydrogens is 282 g/mol. The van der Waals surface area contributed by atoms with E-state index in [1.54, 1.807) is 6.92 Å². The van der Waals surface area contributed by atoms with Crippen LogP contribution in [-0.4, -0.2) is 48.1 Å². The Labute approximate surface area is 118 Å². The van der Waals surface area contributed by atoms with E-state index in [-0.39, 0.29) is 17.0 Å². The fourth-order valence-corrected chi connectivity index (χ4v) is 3.38. The van der Waals surface area contributed by atoms with E-state index in [1.165, 1.54) is 33.0 Å². The molecule has 0 aliphatic heterocycles. The lowest BCUT2D eigenvalue weighted by atomic mass is 10.1. The van der Waals surface area contributed by atoms with Gasteiger partial charge in [0, 0.05) is 13.6 Å². The van der Waals surface area contributed by atoms with Crippen LogP contribution in [0.4, 0.5) is 0 Å². The monoisotopic (exact) mass is 301 g/mol. The molecule has 112 valence electrons. The van der Waals surface area contributed by atoms with Gasteiger partial charge in [-0.2, -0.15) is 4.31 Å². The Hall–Kier alpha value is -1.44. The Bertz CT molecular complexity index is 616. The lowest BCUT2D eigenvalue weighted by Gasteiger charge is -2.25. The number of aromatic carboxylic acids is 1. The number of hydrogen-bond donors (Lipinski definition) is 2. The van der Waals surface area contributed by atoms with Gasteiger partial charge in [-0.15, -0.1) is 0 Å². The molecule has 0 amide bonds. The average molecular weight is 301 g/mol. The first-order valence-corrected chi connectivity index (χ1v) is 7.42. The molecule has 0 aliphatic rings. The highest BCUT2D eigenvalue weighted by Crippen LogP contribution is 2.22. The van der Waals surface area contributed by atoms with E-state index in [4.69, 9.17) is 5.11 Å². The predicted octanol–water partition coefficient (Wildman–Crippen LogP) is 1.08. The molecule has 6 nitrogen and oxygen atoms in total. The summed E-state index contributed by atoms with van der Waals surface area (Å²) in [5, 5.41) is 18.7. The zero-order chi connectivity index (χ0) is 15.7. The average Bonchev–Trinajstić information content (AvgIpc) is 2.26. The van der Waals surface area contributed by atoms with Gasteiger partial charge in [0.05, 0.1) is 16.1 Å². The molecule has 0 aromatic heterocycles. The van der Waals surface area contributed by atoms with Crippen LogP contribution in [0.15, 0.2) is 23.1 Å². The summed E-state index contributed by atoms with van der Waals surface area (Å²) in [5.41, 5.74) is -0.816. The number of carbonyl (C=O) groups is 1. The summed E-state index contributed by atoms with van der Waals surface area (Å²) in [4.78, 5) is 10.9. The number of rotatable bonds is 5. The largest absolute Gasteiger partial charge is 0.478 e. The van der Waals surface area contributed by atoms with Crippen LogP contribution in [-0.2, 0) is 10.0 Å². The minimum atomic E-state index is -3.85. The highest BCUT2D eigenvalue weighted by Gasteiger charge is 2.28. The van der Waals surface area contributed by atoms with E-state index in [2.05, 4.69) is 0 Å². The number of carboxylic acids is 1. The topological polar surface area (TPSA) is 94.9 Å². The van der Waals surface area contributed by atoms with Crippen molar-refractivity contribution in [3.8, 4) is 0 Å². The normalized spacial score (nSPS) is 12.7. The molecule has 0 unspecified atom stereocenters. The Balaban J connectivity index is 3.28. The Kier molecular flexibility index (Phi) is 4.58. The van der Waals surface area contributed by atoms with Crippen molar-refractivity contribution in [2.75, 3.05) is 13.6 Å². The van der Waals surface area contributed by atoms with E-state index in [0.717, 1.165) is 10.4 Å². The quantitative estimate of drug-likeness (QED) is 0.848. The molecule has 0 fully saturated rings. The van der Waals surface area contributed by atoms with Crippen LogP contribution in [0, 0.1) is 6.92 Å². The van der Waals surface area contributed by atoms with E-state index < -0.39 is 21.6 Å². The number of sulfonamides is 1. The number of aryl methyl sites for hydroxylation is 1. The van der Waals surface area contributed by atoms with Gasteiger partial charge in [0.1, 0.15) is 0 Å². The Morgan fingerprint density at radius 1 is 1.35 bits per heavy atom. The predicted molar refractivity (Wildman–Crippen MR) is 74.3 cm³/mol. The molecule has 0 radical (unpaired) electrons. The molecule has 1 aromatic rings. The summed E-state index contributed by atoms with van der Waals surface area (Å²) >= 11 is 0. The lowest BCUT2D eigenvalue weighted by Crippen LogP contribution is -2.39. The van der Waals surface area contributed by atoms with Crippen LogP contribution in [0.25, 0.3) is 0 Å². The minimum Gasteiger partial charge on any atom is -0.478 e. The van der Waals surface area contributed by atoms with Crippen LogP contribution in [0.2, 0.25) is 0 Å². The molecule has 0 saturated heterocycles. The maximum absolute atomic E-state index is 12.4. The summed E-state index contributed by atoms with van der Waals surface area (Å²) in [7, 11) is -2.50. The molecule has 0 saturated carbocycles. The van der Waals surface area contributed by atoms with Gasteiger partial charge in [-0.1, -0.05) is 6.07 Å². The molecule has 0 bridgehead atoms. The van der Waals surface area contributed by atoms with Crippen molar-refractivity contribution >= 4 is 16.0 Å². The number of benzene rings is 1. The lowest BCUT2D eigenvalue weighted by molar-refractivity contribution is 0.0638. The van der Waals surface area contributed by atoms with Crippen LogP contribution >= 0.6 is 0 Å². The molecule has 1 rings (SSSR count). The first kappa shape index (κ1) is 16.6. The fraction of sp³-hybridized carbons (Fsp3) is 0.462. The van der Waals surface area contributed by atoms with Gasteiger partial charge in [0.25, 0.3) is 0 Å². The molecular formula is C13H19NO5S. The molecule has 7 heteroatoms. The number of carboxylic acid groups (broad SMARTS) is 1. The highest BCUT2D eigenvalue weighted by molar-refractivity contribution is 7.89. The number of hydrogen-bond acceptors (Lipinski definition) is 4. The first-order valence-electron chi connectivity index (χ1n) is 5.98. The molecule has 20 heavy (non-hydrogen) atoms. The summed E-state index contributed by atoms with van der Waals surface area (Å²) in [5.74, 6) is -1.19. The smallest absolute Gasteiger partial charge is 0.335 e. The summed E-state index contributed by atoms with van der Waals surface area (Å²) in [6.45, 7) is 4.50. The molecule has 0 aliphatic carbocycles. The van der Waals surface area contributed by atoms with Crippen molar-refractivity contribution in [2.24, 2.45) is 0 Å². The summed E-state index contributed by atoms with van der Waals surface area (Å²) in [6, 6.07) is 3.94. The second kappa shape index (κ2) is 5.51. The summed E-state index contributed by atoms with van der Waals surface area (Å²) in [6.07, 6.45) is 0. The van der Waals surface area contributed by atoms with Gasteiger partial charge >= 0.3 is 5.97 Å². The highest BCUT2D eigenvalue weighted by atomic mass is 32.2. The standard InChI is InChI=1S/C13H19NO5S/c1-9-5-6-10(12(15)16)7-11(9)20(18,19)14(4)8-13(2,3)17/h5-7,17H,8H2,1-4H3,(H,15,16). The third-order valence-electron chi connectivity index (χ3n) is 2.73. The van der Waals surface area contributed by atoms with Gasteiger partial charge in [-0.3, -0.25) is 0 Å².